The van der Waals surface area contributed by atoms with Crippen molar-refractivity contribution < 1.29 is 17.6 Å². The van der Waals surface area contributed by atoms with Crippen molar-refractivity contribution in [2.75, 3.05) is 5.32 Å². The van der Waals surface area contributed by atoms with E-state index in [1.165, 1.54) is 23.2 Å². The standard InChI is InChI=1S/C23H23N5O4S/c1-15-9-10-21(16(2)12-15)28-26-17(3)22(27-28)23(29)25-18-6-4-8-20(13-18)33(30,31)24-14-19-7-5-11-32-19/h4-13,24H,14H2,1-3H3,(H,25,29). The summed E-state index contributed by atoms with van der Waals surface area (Å²) < 4.78 is 32.8. The molecule has 0 fully saturated rings. The first-order valence-corrected chi connectivity index (χ1v) is 11.7. The molecule has 1 amide bonds. The average molecular weight is 466 g/mol. The summed E-state index contributed by atoms with van der Waals surface area (Å²) in [4.78, 5) is 14.3. The molecule has 0 aliphatic carbocycles. The number of nitrogens with zero attached hydrogens (tertiary/aromatic N) is 3. The number of carbonyl (C=O) groups is 1. The molecular formula is C23H23N5O4S. The Balaban J connectivity index is 1.52. The molecule has 0 atom stereocenters. The second-order valence-corrected chi connectivity index (χ2v) is 9.37. The van der Waals surface area contributed by atoms with Crippen LogP contribution in [0, 0.1) is 20.8 Å². The van der Waals surface area contributed by atoms with E-state index in [1.54, 1.807) is 31.2 Å². The van der Waals surface area contributed by atoms with Crippen LogP contribution in [0.3, 0.4) is 0 Å². The number of sulfonamides is 1. The van der Waals surface area contributed by atoms with E-state index in [0.29, 0.717) is 17.1 Å². The van der Waals surface area contributed by atoms with E-state index < -0.39 is 15.9 Å². The molecule has 170 valence electrons. The van der Waals surface area contributed by atoms with Crippen LogP contribution in [0.2, 0.25) is 0 Å². The maximum Gasteiger partial charge on any atom is 0.278 e. The number of furan rings is 1. The smallest absolute Gasteiger partial charge is 0.278 e. The number of carbonyl (C=O) groups excluding carboxylic acids is 1. The third-order valence-electron chi connectivity index (χ3n) is 4.98. The van der Waals surface area contributed by atoms with E-state index in [9.17, 15) is 13.2 Å². The molecule has 0 aliphatic heterocycles. The van der Waals surface area contributed by atoms with Gasteiger partial charge in [0.1, 0.15) is 5.76 Å². The summed E-state index contributed by atoms with van der Waals surface area (Å²) in [6, 6.07) is 15.2. The highest BCUT2D eigenvalue weighted by atomic mass is 32.2. The molecular weight excluding hydrogens is 442 g/mol. The highest BCUT2D eigenvalue weighted by molar-refractivity contribution is 7.89. The minimum absolute atomic E-state index is 0.0162. The van der Waals surface area contributed by atoms with Gasteiger partial charge in [0, 0.05) is 5.69 Å². The zero-order chi connectivity index (χ0) is 23.6. The maximum absolute atomic E-state index is 12.9. The van der Waals surface area contributed by atoms with E-state index in [-0.39, 0.29) is 17.1 Å². The summed E-state index contributed by atoms with van der Waals surface area (Å²) in [5.74, 6) is 0.00650. The average Bonchev–Trinajstić information content (AvgIpc) is 3.42. The second-order valence-electron chi connectivity index (χ2n) is 7.60. The Labute approximate surface area is 191 Å². The van der Waals surface area contributed by atoms with Gasteiger partial charge in [-0.1, -0.05) is 23.8 Å². The van der Waals surface area contributed by atoms with Gasteiger partial charge in [-0.15, -0.1) is 5.10 Å². The second kappa shape index (κ2) is 9.00. The van der Waals surface area contributed by atoms with Gasteiger partial charge in [-0.25, -0.2) is 13.1 Å². The summed E-state index contributed by atoms with van der Waals surface area (Å²) >= 11 is 0. The van der Waals surface area contributed by atoms with Gasteiger partial charge >= 0.3 is 0 Å². The third-order valence-corrected chi connectivity index (χ3v) is 6.38. The van der Waals surface area contributed by atoms with Crippen molar-refractivity contribution >= 4 is 21.6 Å². The lowest BCUT2D eigenvalue weighted by Gasteiger charge is -2.08. The molecule has 2 aromatic heterocycles. The van der Waals surface area contributed by atoms with Crippen molar-refractivity contribution in [3.05, 3.63) is 89.1 Å². The number of anilines is 1. The molecule has 2 aromatic carbocycles. The summed E-state index contributed by atoms with van der Waals surface area (Å²) in [6.45, 7) is 5.67. The zero-order valence-electron chi connectivity index (χ0n) is 18.4. The third kappa shape index (κ3) is 5.02. The van der Waals surface area contributed by atoms with Crippen LogP contribution in [-0.4, -0.2) is 29.3 Å². The molecule has 0 radical (unpaired) electrons. The molecule has 9 nitrogen and oxygen atoms in total. The number of amides is 1. The lowest BCUT2D eigenvalue weighted by molar-refractivity contribution is 0.102. The van der Waals surface area contributed by atoms with Crippen LogP contribution in [-0.2, 0) is 16.6 Å². The van der Waals surface area contributed by atoms with Gasteiger partial charge in [0.2, 0.25) is 10.0 Å². The molecule has 2 N–H and O–H groups in total. The van der Waals surface area contributed by atoms with E-state index in [1.807, 2.05) is 32.0 Å². The minimum atomic E-state index is -3.80. The molecule has 0 unspecified atom stereocenters. The Morgan fingerprint density at radius 3 is 2.58 bits per heavy atom. The molecule has 10 heteroatoms. The number of rotatable bonds is 7. The van der Waals surface area contributed by atoms with Crippen LogP contribution in [0.4, 0.5) is 5.69 Å². The Morgan fingerprint density at radius 2 is 1.85 bits per heavy atom. The Bertz CT molecular complexity index is 1410. The lowest BCUT2D eigenvalue weighted by atomic mass is 10.1. The van der Waals surface area contributed by atoms with Crippen LogP contribution < -0.4 is 10.0 Å². The molecule has 4 aromatic rings. The van der Waals surface area contributed by atoms with Gasteiger partial charge in [-0.3, -0.25) is 4.79 Å². The molecule has 33 heavy (non-hydrogen) atoms. The number of benzene rings is 2. The normalized spacial score (nSPS) is 11.5. The van der Waals surface area contributed by atoms with E-state index >= 15 is 0 Å². The highest BCUT2D eigenvalue weighted by Gasteiger charge is 2.19. The fourth-order valence-corrected chi connectivity index (χ4v) is 4.36. The molecule has 0 bridgehead atoms. The minimum Gasteiger partial charge on any atom is -0.468 e. The first-order chi connectivity index (χ1) is 15.7. The van der Waals surface area contributed by atoms with Crippen molar-refractivity contribution in [3.8, 4) is 5.69 Å². The maximum atomic E-state index is 12.9. The molecule has 4 rings (SSSR count). The number of hydrogen-bond acceptors (Lipinski definition) is 6. The molecule has 0 spiro atoms. The van der Waals surface area contributed by atoms with Crippen molar-refractivity contribution in [2.24, 2.45) is 0 Å². The van der Waals surface area contributed by atoms with Crippen molar-refractivity contribution in [1.82, 2.24) is 19.7 Å². The van der Waals surface area contributed by atoms with Crippen LogP contribution in [0.1, 0.15) is 33.1 Å². The summed E-state index contributed by atoms with van der Waals surface area (Å²) in [5, 5.41) is 11.4. The Morgan fingerprint density at radius 1 is 1.03 bits per heavy atom. The largest absolute Gasteiger partial charge is 0.468 e. The molecule has 0 aliphatic rings. The van der Waals surface area contributed by atoms with Crippen LogP contribution in [0.25, 0.3) is 5.69 Å². The van der Waals surface area contributed by atoms with Crippen molar-refractivity contribution in [3.63, 3.8) is 0 Å². The number of aryl methyl sites for hydroxylation is 3. The first kappa shape index (κ1) is 22.4. The summed E-state index contributed by atoms with van der Waals surface area (Å²) in [6.07, 6.45) is 1.47. The SMILES string of the molecule is Cc1ccc(-n2nc(C)c(C(=O)Nc3cccc(S(=O)(=O)NCc4ccco4)c3)n2)c(C)c1. The van der Waals surface area contributed by atoms with Gasteiger partial charge in [0.05, 0.1) is 29.1 Å². The van der Waals surface area contributed by atoms with Crippen LogP contribution in [0.15, 0.2) is 70.2 Å². The topological polar surface area (TPSA) is 119 Å². The zero-order valence-corrected chi connectivity index (χ0v) is 19.2. The van der Waals surface area contributed by atoms with Crippen LogP contribution in [0.5, 0.6) is 0 Å². The van der Waals surface area contributed by atoms with Crippen LogP contribution >= 0.6 is 0 Å². The van der Waals surface area contributed by atoms with E-state index in [2.05, 4.69) is 20.2 Å². The van der Waals surface area contributed by atoms with Crippen molar-refractivity contribution in [1.29, 1.82) is 0 Å². The lowest BCUT2D eigenvalue weighted by Crippen LogP contribution is -2.23. The molecule has 2 heterocycles. The van der Waals surface area contributed by atoms with Gasteiger partial charge < -0.3 is 9.73 Å². The molecule has 0 saturated heterocycles. The number of hydrogen-bond donors (Lipinski definition) is 2. The number of aromatic nitrogens is 3. The quantitative estimate of drug-likeness (QED) is 0.431. The van der Waals surface area contributed by atoms with Gasteiger partial charge in [0.25, 0.3) is 5.91 Å². The van der Waals surface area contributed by atoms with E-state index in [0.717, 1.165) is 16.8 Å². The predicted octanol–water partition coefficient (Wildman–Crippen LogP) is 3.52. The first-order valence-electron chi connectivity index (χ1n) is 10.2. The number of nitrogens with one attached hydrogen (secondary N) is 2. The monoisotopic (exact) mass is 465 g/mol. The van der Waals surface area contributed by atoms with E-state index in [4.69, 9.17) is 4.42 Å². The van der Waals surface area contributed by atoms with Crippen molar-refractivity contribution in [2.45, 2.75) is 32.2 Å². The van der Waals surface area contributed by atoms with Gasteiger partial charge in [0.15, 0.2) is 5.69 Å². The summed E-state index contributed by atoms with van der Waals surface area (Å²) in [5.41, 5.74) is 3.80. The fraction of sp³-hybridized carbons (Fsp3) is 0.174. The van der Waals surface area contributed by atoms with Gasteiger partial charge in [-0.2, -0.15) is 9.90 Å². The molecule has 0 saturated carbocycles. The Hall–Kier alpha value is -3.76. The van der Waals surface area contributed by atoms with Gasteiger partial charge in [-0.05, 0) is 62.7 Å². The summed E-state index contributed by atoms with van der Waals surface area (Å²) in [7, 11) is -3.80. The predicted molar refractivity (Wildman–Crippen MR) is 123 cm³/mol. The Kier molecular flexibility index (Phi) is 6.12. The fourth-order valence-electron chi connectivity index (χ4n) is 3.32. The highest BCUT2D eigenvalue weighted by Crippen LogP contribution is 2.19.